The molecule has 4 nitrogen and oxygen atoms in total. The number of rotatable bonds is 2. The van der Waals surface area contributed by atoms with Crippen LogP contribution in [0.2, 0.25) is 0 Å². The predicted molar refractivity (Wildman–Crippen MR) is 210 cm³/mol. The summed E-state index contributed by atoms with van der Waals surface area (Å²) >= 11 is 0. The van der Waals surface area contributed by atoms with E-state index < -0.39 is 0 Å². The summed E-state index contributed by atoms with van der Waals surface area (Å²) in [6.45, 7) is 0. The minimum Gasteiger partial charge on any atom is -0.346 e. The molecule has 8 aromatic carbocycles. The molecule has 0 saturated heterocycles. The van der Waals surface area contributed by atoms with Crippen LogP contribution >= 0.6 is 0 Å². The normalized spacial score (nSPS) is 14.9. The Kier molecular flexibility index (Phi) is 5.00. The van der Waals surface area contributed by atoms with Crippen molar-refractivity contribution in [2.24, 2.45) is 4.99 Å². The zero-order chi connectivity index (χ0) is 32.5. The number of hydrogen-bond acceptors (Lipinski definition) is 2. The number of benzene rings is 8. The van der Waals surface area contributed by atoms with Crippen molar-refractivity contribution in [2.75, 3.05) is 5.32 Å². The van der Waals surface area contributed by atoms with Gasteiger partial charge in [-0.25, -0.2) is 4.99 Å². The van der Waals surface area contributed by atoms with Gasteiger partial charge in [0.05, 0.1) is 33.3 Å². The maximum atomic E-state index is 5.50. The van der Waals surface area contributed by atoms with E-state index in [0.717, 1.165) is 28.0 Å². The van der Waals surface area contributed by atoms with Gasteiger partial charge in [-0.05, 0) is 45.8 Å². The lowest BCUT2D eigenvalue weighted by Gasteiger charge is -2.28. The standard InChI is InChI=1S/C46H28N4/c1-2-13-27(14-3-1)43-34-19-8-9-23-36(34)47-46(48-43)49-37-24-11-20-31-33-21-10-22-35-40-30-17-6-4-15-28(30)29-16-5-7-18-32(29)45(40)50(44(33)35)39-26-12-25-38(49)42(39)41(31)37/h1-26,46-47H. The third kappa shape index (κ3) is 3.23. The first-order valence-corrected chi connectivity index (χ1v) is 17.3. The van der Waals surface area contributed by atoms with Crippen LogP contribution in [0, 0.1) is 0 Å². The number of fused-ring (bicyclic) bond motifs is 11. The van der Waals surface area contributed by atoms with Gasteiger partial charge in [0.2, 0.25) is 6.29 Å². The first kappa shape index (κ1) is 26.3. The van der Waals surface area contributed by atoms with Crippen LogP contribution in [-0.2, 0) is 0 Å². The molecule has 11 aromatic rings. The van der Waals surface area contributed by atoms with Crippen molar-refractivity contribution in [2.45, 2.75) is 6.29 Å². The van der Waals surface area contributed by atoms with E-state index in [-0.39, 0.29) is 6.29 Å². The molecule has 1 unspecified atom stereocenters. The lowest BCUT2D eigenvalue weighted by molar-refractivity contribution is 0.625. The fourth-order valence-electron chi connectivity index (χ4n) is 9.10. The van der Waals surface area contributed by atoms with Gasteiger partial charge in [-0.15, -0.1) is 0 Å². The highest BCUT2D eigenvalue weighted by molar-refractivity contribution is 6.37. The van der Waals surface area contributed by atoms with Crippen molar-refractivity contribution in [3.8, 4) is 0 Å². The third-order valence-corrected chi connectivity index (χ3v) is 11.0. The lowest BCUT2D eigenvalue weighted by atomic mass is 9.96. The molecule has 0 fully saturated rings. The van der Waals surface area contributed by atoms with Gasteiger partial charge in [-0.1, -0.05) is 133 Å². The van der Waals surface area contributed by atoms with Crippen LogP contribution in [0.4, 0.5) is 5.69 Å². The van der Waals surface area contributed by atoms with Crippen LogP contribution in [0.3, 0.4) is 0 Å². The first-order chi connectivity index (χ1) is 24.8. The van der Waals surface area contributed by atoms with Crippen LogP contribution in [0.1, 0.15) is 17.4 Å². The van der Waals surface area contributed by atoms with Crippen LogP contribution in [-0.4, -0.2) is 14.7 Å². The SMILES string of the molecule is c1ccc(C2=NC(n3c4cccc5c6cccc7c8c9ccccc9c9ccccc9c8n(c8cccc3c8c54)c67)Nc3ccccc32)cc1. The summed E-state index contributed by atoms with van der Waals surface area (Å²) < 4.78 is 4.99. The molecule has 0 bridgehead atoms. The average Bonchev–Trinajstić information content (AvgIpc) is 3.68. The molecular weight excluding hydrogens is 609 g/mol. The van der Waals surface area contributed by atoms with Gasteiger partial charge in [0.25, 0.3) is 0 Å². The summed E-state index contributed by atoms with van der Waals surface area (Å²) in [6.07, 6.45) is -0.341. The Labute approximate surface area is 286 Å². The molecule has 0 amide bonds. The molecule has 0 saturated carbocycles. The highest BCUT2D eigenvalue weighted by Gasteiger charge is 2.28. The van der Waals surface area contributed by atoms with E-state index in [1.54, 1.807) is 0 Å². The Morgan fingerprint density at radius 2 is 0.980 bits per heavy atom. The minimum absolute atomic E-state index is 0.341. The van der Waals surface area contributed by atoms with Crippen LogP contribution in [0.5, 0.6) is 0 Å². The van der Waals surface area contributed by atoms with Gasteiger partial charge >= 0.3 is 0 Å². The second-order valence-corrected chi connectivity index (χ2v) is 13.5. The first-order valence-electron chi connectivity index (χ1n) is 17.3. The molecule has 50 heavy (non-hydrogen) atoms. The van der Waals surface area contributed by atoms with Gasteiger partial charge in [0.15, 0.2) is 0 Å². The Hall–Kier alpha value is -6.65. The van der Waals surface area contributed by atoms with E-state index in [1.807, 2.05) is 0 Å². The lowest BCUT2D eigenvalue weighted by Crippen LogP contribution is -2.24. The number of para-hydroxylation sites is 2. The molecule has 0 radical (unpaired) electrons. The van der Waals surface area contributed by atoms with E-state index in [1.165, 1.54) is 75.9 Å². The quantitative estimate of drug-likeness (QED) is 0.188. The second kappa shape index (κ2) is 9.49. The van der Waals surface area contributed by atoms with E-state index >= 15 is 0 Å². The zero-order valence-corrected chi connectivity index (χ0v) is 26.9. The summed E-state index contributed by atoms with van der Waals surface area (Å²) in [4.78, 5) is 5.50. The Morgan fingerprint density at radius 3 is 1.84 bits per heavy atom. The largest absolute Gasteiger partial charge is 0.346 e. The number of nitrogens with zero attached hydrogens (tertiary/aromatic N) is 3. The molecule has 0 aliphatic carbocycles. The number of aliphatic imine (C=N–C) groups is 1. The summed E-state index contributed by atoms with van der Waals surface area (Å²) in [5, 5.41) is 16.6. The molecule has 3 aromatic heterocycles. The van der Waals surface area contributed by atoms with Crippen molar-refractivity contribution in [3.05, 3.63) is 169 Å². The topological polar surface area (TPSA) is 33.7 Å². The summed E-state index contributed by atoms with van der Waals surface area (Å²) in [6, 6.07) is 57.4. The van der Waals surface area contributed by atoms with Gasteiger partial charge in [0.1, 0.15) is 0 Å². The van der Waals surface area contributed by atoms with Crippen molar-refractivity contribution in [3.63, 3.8) is 0 Å². The fourth-order valence-corrected chi connectivity index (χ4v) is 9.10. The number of hydrogen-bond donors (Lipinski definition) is 1. The zero-order valence-electron chi connectivity index (χ0n) is 26.9. The summed E-state index contributed by atoms with van der Waals surface area (Å²) in [5.74, 6) is 0. The molecule has 1 aliphatic rings. The average molecular weight is 637 g/mol. The molecular formula is C46H28N4. The molecule has 4 heterocycles. The monoisotopic (exact) mass is 636 g/mol. The van der Waals surface area contributed by atoms with E-state index in [9.17, 15) is 0 Å². The predicted octanol–water partition coefficient (Wildman–Crippen LogP) is 11.7. The van der Waals surface area contributed by atoms with Crippen LogP contribution < -0.4 is 5.32 Å². The highest BCUT2D eigenvalue weighted by atomic mass is 15.3. The number of aromatic nitrogens is 2. The minimum atomic E-state index is -0.341. The smallest absolute Gasteiger partial charge is 0.201 e. The fraction of sp³-hybridized carbons (Fsp3) is 0.0217. The molecule has 1 aliphatic heterocycles. The maximum absolute atomic E-state index is 5.50. The third-order valence-electron chi connectivity index (χ3n) is 11.0. The molecule has 1 atom stereocenters. The maximum Gasteiger partial charge on any atom is 0.201 e. The van der Waals surface area contributed by atoms with Gasteiger partial charge in [0, 0.05) is 49.1 Å². The van der Waals surface area contributed by atoms with E-state index in [4.69, 9.17) is 4.99 Å². The van der Waals surface area contributed by atoms with E-state index in [0.29, 0.717) is 0 Å². The highest BCUT2D eigenvalue weighted by Crippen LogP contribution is 2.47. The summed E-state index contributed by atoms with van der Waals surface area (Å²) in [5.41, 5.74) is 10.4. The van der Waals surface area contributed by atoms with Crippen molar-refractivity contribution >= 4 is 92.8 Å². The van der Waals surface area contributed by atoms with E-state index in [2.05, 4.69) is 172 Å². The van der Waals surface area contributed by atoms with Gasteiger partial charge in [-0.3, -0.25) is 0 Å². The number of anilines is 1. The molecule has 4 heteroatoms. The summed E-state index contributed by atoms with van der Waals surface area (Å²) in [7, 11) is 0. The van der Waals surface area contributed by atoms with Gasteiger partial charge in [-0.2, -0.15) is 0 Å². The van der Waals surface area contributed by atoms with Gasteiger partial charge < -0.3 is 14.3 Å². The molecule has 232 valence electrons. The van der Waals surface area contributed by atoms with Crippen molar-refractivity contribution < 1.29 is 0 Å². The molecule has 1 N–H and O–H groups in total. The van der Waals surface area contributed by atoms with Crippen LogP contribution in [0.25, 0.3) is 81.4 Å². The Morgan fingerprint density at radius 1 is 0.420 bits per heavy atom. The molecule has 12 rings (SSSR count). The Balaban J connectivity index is 1.30. The second-order valence-electron chi connectivity index (χ2n) is 13.5. The molecule has 0 spiro atoms. The van der Waals surface area contributed by atoms with Crippen molar-refractivity contribution in [1.82, 2.24) is 8.97 Å². The van der Waals surface area contributed by atoms with Crippen molar-refractivity contribution in [1.29, 1.82) is 0 Å². The van der Waals surface area contributed by atoms with Crippen LogP contribution in [0.15, 0.2) is 163 Å². The Bertz CT molecular complexity index is 3240. The number of nitrogens with one attached hydrogen (secondary N) is 1.